The van der Waals surface area contributed by atoms with Crippen molar-refractivity contribution in [3.8, 4) is 0 Å². The molecule has 1 heterocycles. The number of nitrogens with one attached hydrogen (secondary N) is 2. The van der Waals surface area contributed by atoms with Gasteiger partial charge in [0, 0.05) is 29.7 Å². The maximum atomic E-state index is 6.02. The molecule has 3 rings (SSSR count). The molecule has 0 amide bonds. The first-order chi connectivity index (χ1) is 7.33. The van der Waals surface area contributed by atoms with Crippen molar-refractivity contribution in [3.63, 3.8) is 0 Å². The fourth-order valence-electron chi connectivity index (χ4n) is 1.80. The van der Waals surface area contributed by atoms with Crippen molar-refractivity contribution < 1.29 is 0 Å². The first-order valence-electron chi connectivity index (χ1n) is 5.32. The highest BCUT2D eigenvalue weighted by Gasteiger charge is 2.19. The zero-order valence-corrected chi connectivity index (χ0v) is 9.14. The van der Waals surface area contributed by atoms with E-state index in [1.807, 2.05) is 6.20 Å². The van der Waals surface area contributed by atoms with Gasteiger partial charge in [0.1, 0.15) is 0 Å². The van der Waals surface area contributed by atoms with Crippen LogP contribution < -0.4 is 5.32 Å². The molecule has 0 bridgehead atoms. The van der Waals surface area contributed by atoms with Crippen LogP contribution in [0, 0.1) is 0 Å². The SMILES string of the molecule is Clc1c[nH]c2cc(CNC3CC3)ccc12. The Balaban J connectivity index is 1.85. The summed E-state index contributed by atoms with van der Waals surface area (Å²) in [4.78, 5) is 3.17. The molecule has 2 nitrogen and oxygen atoms in total. The molecule has 1 aliphatic rings. The molecule has 3 heteroatoms. The predicted octanol–water partition coefficient (Wildman–Crippen LogP) is 3.07. The largest absolute Gasteiger partial charge is 0.360 e. The molecule has 1 aromatic carbocycles. The average molecular weight is 221 g/mol. The van der Waals surface area contributed by atoms with Gasteiger partial charge in [0.15, 0.2) is 0 Å². The van der Waals surface area contributed by atoms with Gasteiger partial charge in [-0.2, -0.15) is 0 Å². The molecule has 0 unspecified atom stereocenters. The lowest BCUT2D eigenvalue weighted by Gasteiger charge is -2.02. The summed E-state index contributed by atoms with van der Waals surface area (Å²) in [5.41, 5.74) is 2.43. The van der Waals surface area contributed by atoms with Gasteiger partial charge in [-0.15, -0.1) is 0 Å². The van der Waals surface area contributed by atoms with E-state index in [2.05, 4.69) is 28.5 Å². The third-order valence-electron chi connectivity index (χ3n) is 2.87. The van der Waals surface area contributed by atoms with Gasteiger partial charge in [0.05, 0.1) is 5.02 Å². The predicted molar refractivity (Wildman–Crippen MR) is 63.2 cm³/mol. The number of H-pyrrole nitrogens is 1. The summed E-state index contributed by atoms with van der Waals surface area (Å²) in [6, 6.07) is 7.14. The number of aromatic nitrogens is 1. The second-order valence-electron chi connectivity index (χ2n) is 4.17. The highest BCUT2D eigenvalue weighted by Crippen LogP contribution is 2.24. The maximum Gasteiger partial charge on any atom is 0.0659 e. The number of hydrogen-bond acceptors (Lipinski definition) is 1. The van der Waals surface area contributed by atoms with E-state index in [1.54, 1.807) is 0 Å². The lowest BCUT2D eigenvalue weighted by atomic mass is 10.1. The van der Waals surface area contributed by atoms with Crippen molar-refractivity contribution in [2.45, 2.75) is 25.4 Å². The van der Waals surface area contributed by atoms with E-state index in [0.29, 0.717) is 0 Å². The average Bonchev–Trinajstić information content (AvgIpc) is 3.01. The van der Waals surface area contributed by atoms with Gasteiger partial charge in [0.25, 0.3) is 0 Å². The summed E-state index contributed by atoms with van der Waals surface area (Å²) in [6.07, 6.45) is 4.50. The minimum Gasteiger partial charge on any atom is -0.360 e. The highest BCUT2D eigenvalue weighted by molar-refractivity contribution is 6.35. The third kappa shape index (κ3) is 1.87. The Kier molecular flexibility index (Phi) is 2.19. The van der Waals surface area contributed by atoms with Crippen molar-refractivity contribution in [1.29, 1.82) is 0 Å². The Morgan fingerprint density at radius 2 is 2.27 bits per heavy atom. The Labute approximate surface area is 93.6 Å². The minimum absolute atomic E-state index is 0.757. The van der Waals surface area contributed by atoms with E-state index in [1.165, 1.54) is 18.4 Å². The number of rotatable bonds is 3. The van der Waals surface area contributed by atoms with Crippen molar-refractivity contribution in [1.82, 2.24) is 10.3 Å². The Morgan fingerprint density at radius 1 is 1.40 bits per heavy atom. The van der Waals surface area contributed by atoms with E-state index in [-0.39, 0.29) is 0 Å². The van der Waals surface area contributed by atoms with Crippen molar-refractivity contribution in [3.05, 3.63) is 35.0 Å². The first kappa shape index (κ1) is 9.25. The molecular formula is C12H13ClN2. The van der Waals surface area contributed by atoms with Crippen LogP contribution in [0.4, 0.5) is 0 Å². The number of benzene rings is 1. The molecule has 1 aliphatic carbocycles. The molecule has 15 heavy (non-hydrogen) atoms. The molecule has 2 aromatic rings. The summed E-state index contributed by atoms with van der Waals surface area (Å²) >= 11 is 6.02. The normalized spacial score (nSPS) is 16.1. The van der Waals surface area contributed by atoms with Crippen LogP contribution in [-0.4, -0.2) is 11.0 Å². The lowest BCUT2D eigenvalue weighted by molar-refractivity contribution is 0.688. The van der Waals surface area contributed by atoms with Crippen LogP contribution in [0.15, 0.2) is 24.4 Å². The molecule has 0 atom stereocenters. The summed E-state index contributed by atoms with van der Waals surface area (Å²) in [5.74, 6) is 0. The van der Waals surface area contributed by atoms with E-state index < -0.39 is 0 Å². The second kappa shape index (κ2) is 3.54. The molecule has 0 aliphatic heterocycles. The van der Waals surface area contributed by atoms with E-state index >= 15 is 0 Å². The first-order valence-corrected chi connectivity index (χ1v) is 5.69. The zero-order valence-electron chi connectivity index (χ0n) is 8.39. The number of halogens is 1. The number of aromatic amines is 1. The van der Waals surface area contributed by atoms with E-state index in [9.17, 15) is 0 Å². The molecule has 2 N–H and O–H groups in total. The van der Waals surface area contributed by atoms with Gasteiger partial charge >= 0.3 is 0 Å². The number of hydrogen-bond donors (Lipinski definition) is 2. The standard InChI is InChI=1S/C12H13ClN2/c13-11-7-15-12-5-8(1-4-10(11)12)6-14-9-2-3-9/h1,4-5,7,9,14-15H,2-3,6H2. The van der Waals surface area contributed by atoms with Gasteiger partial charge in [-0.1, -0.05) is 23.7 Å². The topological polar surface area (TPSA) is 27.8 Å². The third-order valence-corrected chi connectivity index (χ3v) is 3.18. The molecule has 0 saturated heterocycles. The van der Waals surface area contributed by atoms with Crippen molar-refractivity contribution in [2.75, 3.05) is 0 Å². The van der Waals surface area contributed by atoms with E-state index in [4.69, 9.17) is 11.6 Å². The Bertz CT molecular complexity index is 485. The Hall–Kier alpha value is -0.990. The van der Waals surface area contributed by atoms with Crippen LogP contribution >= 0.6 is 11.6 Å². The fourth-order valence-corrected chi connectivity index (χ4v) is 2.02. The van der Waals surface area contributed by atoms with Gasteiger partial charge in [-0.25, -0.2) is 0 Å². The fraction of sp³-hybridized carbons (Fsp3) is 0.333. The lowest BCUT2D eigenvalue weighted by Crippen LogP contribution is -2.15. The summed E-state index contributed by atoms with van der Waals surface area (Å²) in [6.45, 7) is 0.956. The van der Waals surface area contributed by atoms with Gasteiger partial charge < -0.3 is 10.3 Å². The van der Waals surface area contributed by atoms with Gasteiger partial charge in [-0.05, 0) is 24.5 Å². The van der Waals surface area contributed by atoms with Gasteiger partial charge in [0.2, 0.25) is 0 Å². The van der Waals surface area contributed by atoms with Crippen molar-refractivity contribution >= 4 is 22.5 Å². The molecule has 1 fully saturated rings. The highest BCUT2D eigenvalue weighted by atomic mass is 35.5. The van der Waals surface area contributed by atoms with Crippen LogP contribution in [0.5, 0.6) is 0 Å². The van der Waals surface area contributed by atoms with Crippen LogP contribution in [0.2, 0.25) is 5.02 Å². The molecule has 78 valence electrons. The molecule has 1 saturated carbocycles. The van der Waals surface area contributed by atoms with Gasteiger partial charge in [-0.3, -0.25) is 0 Å². The minimum atomic E-state index is 0.757. The molecule has 1 aromatic heterocycles. The van der Waals surface area contributed by atoms with Crippen molar-refractivity contribution in [2.24, 2.45) is 0 Å². The second-order valence-corrected chi connectivity index (χ2v) is 4.58. The Morgan fingerprint density at radius 3 is 3.07 bits per heavy atom. The zero-order chi connectivity index (χ0) is 10.3. The van der Waals surface area contributed by atoms with Crippen LogP contribution in [0.25, 0.3) is 10.9 Å². The molecular weight excluding hydrogens is 208 g/mol. The summed E-state index contributed by atoms with van der Waals surface area (Å²) in [5, 5.41) is 5.40. The smallest absolute Gasteiger partial charge is 0.0659 e. The van der Waals surface area contributed by atoms with Crippen LogP contribution in [-0.2, 0) is 6.54 Å². The summed E-state index contributed by atoms with van der Waals surface area (Å²) in [7, 11) is 0. The van der Waals surface area contributed by atoms with Crippen LogP contribution in [0.3, 0.4) is 0 Å². The monoisotopic (exact) mass is 220 g/mol. The summed E-state index contributed by atoms with van der Waals surface area (Å²) < 4.78 is 0. The maximum absolute atomic E-state index is 6.02. The van der Waals surface area contributed by atoms with Crippen LogP contribution in [0.1, 0.15) is 18.4 Å². The number of fused-ring (bicyclic) bond motifs is 1. The molecule has 0 spiro atoms. The van der Waals surface area contributed by atoms with E-state index in [0.717, 1.165) is 28.5 Å². The molecule has 0 radical (unpaired) electrons. The quantitative estimate of drug-likeness (QED) is 0.818.